The maximum atomic E-state index is 5.94. The molecule has 3 N–H and O–H groups in total. The van der Waals surface area contributed by atoms with Crippen molar-refractivity contribution in [2.45, 2.75) is 31.7 Å². The molecule has 0 radical (unpaired) electrons. The molecule has 0 spiro atoms. The van der Waals surface area contributed by atoms with Gasteiger partial charge in [-0.3, -0.25) is 0 Å². The van der Waals surface area contributed by atoms with E-state index < -0.39 is 0 Å². The van der Waals surface area contributed by atoms with Crippen LogP contribution in [0, 0.1) is 5.92 Å². The van der Waals surface area contributed by atoms with E-state index in [1.54, 1.807) is 7.11 Å². The Labute approximate surface area is 109 Å². The average Bonchev–Trinajstić information content (AvgIpc) is 3.19. The Bertz CT molecular complexity index is 322. The lowest BCUT2D eigenvalue weighted by atomic mass is 9.98. The molecule has 2 rings (SSSR count). The van der Waals surface area contributed by atoms with Gasteiger partial charge >= 0.3 is 0 Å². The summed E-state index contributed by atoms with van der Waals surface area (Å²) in [7, 11) is 1.70. The SMILES string of the molecule is COCCCOC1=C(N)C=CC(CNC2CC2)C1. The molecule has 1 unspecified atom stereocenters. The second kappa shape index (κ2) is 6.81. The number of methoxy groups -OCH3 is 1. The van der Waals surface area contributed by atoms with Gasteiger partial charge in [-0.05, 0) is 24.8 Å². The topological polar surface area (TPSA) is 56.5 Å². The van der Waals surface area contributed by atoms with Gasteiger partial charge in [0.2, 0.25) is 0 Å². The van der Waals surface area contributed by atoms with E-state index in [1.807, 2.05) is 6.08 Å². The third-order valence-corrected chi connectivity index (χ3v) is 3.33. The molecule has 1 saturated carbocycles. The molecule has 0 aromatic rings. The van der Waals surface area contributed by atoms with Crippen LogP contribution in [0.4, 0.5) is 0 Å². The average molecular weight is 252 g/mol. The van der Waals surface area contributed by atoms with Crippen molar-refractivity contribution in [3.05, 3.63) is 23.6 Å². The van der Waals surface area contributed by atoms with Gasteiger partial charge in [0, 0.05) is 39.1 Å². The molecule has 0 aromatic heterocycles. The molecule has 0 amide bonds. The van der Waals surface area contributed by atoms with Crippen LogP contribution in [0.25, 0.3) is 0 Å². The molecule has 1 atom stereocenters. The zero-order valence-corrected chi connectivity index (χ0v) is 11.2. The Morgan fingerprint density at radius 3 is 2.94 bits per heavy atom. The smallest absolute Gasteiger partial charge is 0.119 e. The van der Waals surface area contributed by atoms with Gasteiger partial charge in [0.15, 0.2) is 0 Å². The standard InChI is InChI=1S/C14H24N2O2/c1-17-7-2-8-18-14-9-11(3-6-13(14)15)10-16-12-4-5-12/h3,6,11-12,16H,2,4-5,7-10,15H2,1H3. The summed E-state index contributed by atoms with van der Waals surface area (Å²) in [4.78, 5) is 0. The minimum atomic E-state index is 0.510. The minimum absolute atomic E-state index is 0.510. The van der Waals surface area contributed by atoms with Crippen molar-refractivity contribution < 1.29 is 9.47 Å². The summed E-state index contributed by atoms with van der Waals surface area (Å²) in [6.07, 6.45) is 8.64. The summed E-state index contributed by atoms with van der Waals surface area (Å²) in [5.41, 5.74) is 6.71. The van der Waals surface area contributed by atoms with Crippen LogP contribution in [-0.2, 0) is 9.47 Å². The Morgan fingerprint density at radius 2 is 2.22 bits per heavy atom. The fraction of sp³-hybridized carbons (Fsp3) is 0.714. The minimum Gasteiger partial charge on any atom is -0.496 e. The lowest BCUT2D eigenvalue weighted by Crippen LogP contribution is -2.26. The maximum absolute atomic E-state index is 5.94. The highest BCUT2D eigenvalue weighted by molar-refractivity contribution is 5.25. The van der Waals surface area contributed by atoms with E-state index in [0.717, 1.165) is 43.5 Å². The van der Waals surface area contributed by atoms with E-state index in [-0.39, 0.29) is 0 Å². The molecule has 102 valence electrons. The lowest BCUT2D eigenvalue weighted by Gasteiger charge is -2.21. The predicted octanol–water partition coefficient (Wildman–Crippen LogP) is 1.54. The number of allylic oxidation sites excluding steroid dienone is 2. The molecular formula is C14H24N2O2. The number of ether oxygens (including phenoxy) is 2. The predicted molar refractivity (Wildman–Crippen MR) is 71.9 cm³/mol. The molecule has 4 nitrogen and oxygen atoms in total. The fourth-order valence-electron chi connectivity index (χ4n) is 2.04. The van der Waals surface area contributed by atoms with Crippen LogP contribution in [0.15, 0.2) is 23.6 Å². The molecule has 0 bridgehead atoms. The summed E-state index contributed by atoms with van der Waals surface area (Å²) in [5.74, 6) is 1.45. The Balaban J connectivity index is 1.71. The van der Waals surface area contributed by atoms with Crippen LogP contribution in [0.1, 0.15) is 25.7 Å². The van der Waals surface area contributed by atoms with Crippen LogP contribution in [0.3, 0.4) is 0 Å². The van der Waals surface area contributed by atoms with Gasteiger partial charge in [-0.15, -0.1) is 0 Å². The van der Waals surface area contributed by atoms with E-state index in [4.69, 9.17) is 15.2 Å². The van der Waals surface area contributed by atoms with Crippen molar-refractivity contribution in [3.63, 3.8) is 0 Å². The van der Waals surface area contributed by atoms with Crippen molar-refractivity contribution in [2.24, 2.45) is 11.7 Å². The second-order valence-corrected chi connectivity index (χ2v) is 5.08. The molecular weight excluding hydrogens is 228 g/mol. The molecule has 0 aliphatic heterocycles. The summed E-state index contributed by atoms with van der Waals surface area (Å²) in [6, 6.07) is 0.757. The van der Waals surface area contributed by atoms with Gasteiger partial charge in [-0.25, -0.2) is 0 Å². The van der Waals surface area contributed by atoms with Gasteiger partial charge in [-0.1, -0.05) is 6.08 Å². The van der Waals surface area contributed by atoms with Gasteiger partial charge < -0.3 is 20.5 Å². The highest BCUT2D eigenvalue weighted by Crippen LogP contribution is 2.24. The van der Waals surface area contributed by atoms with E-state index in [9.17, 15) is 0 Å². The molecule has 2 aliphatic rings. The monoisotopic (exact) mass is 252 g/mol. The third-order valence-electron chi connectivity index (χ3n) is 3.33. The lowest BCUT2D eigenvalue weighted by molar-refractivity contribution is 0.137. The highest BCUT2D eigenvalue weighted by Gasteiger charge is 2.23. The maximum Gasteiger partial charge on any atom is 0.119 e. The van der Waals surface area contributed by atoms with E-state index in [1.165, 1.54) is 12.8 Å². The second-order valence-electron chi connectivity index (χ2n) is 5.08. The summed E-state index contributed by atoms with van der Waals surface area (Å²) in [6.45, 7) is 2.44. The molecule has 18 heavy (non-hydrogen) atoms. The zero-order chi connectivity index (χ0) is 12.8. The van der Waals surface area contributed by atoms with Crippen molar-refractivity contribution in [3.8, 4) is 0 Å². The summed E-state index contributed by atoms with van der Waals surface area (Å²) < 4.78 is 10.7. The Morgan fingerprint density at radius 1 is 1.39 bits per heavy atom. The zero-order valence-electron chi connectivity index (χ0n) is 11.2. The molecule has 0 heterocycles. The first-order valence-electron chi connectivity index (χ1n) is 6.81. The van der Waals surface area contributed by atoms with Crippen molar-refractivity contribution in [1.82, 2.24) is 5.32 Å². The normalized spacial score (nSPS) is 23.5. The largest absolute Gasteiger partial charge is 0.496 e. The summed E-state index contributed by atoms with van der Waals surface area (Å²) in [5, 5.41) is 3.55. The van der Waals surface area contributed by atoms with Crippen LogP contribution < -0.4 is 11.1 Å². The number of hydrogen-bond acceptors (Lipinski definition) is 4. The van der Waals surface area contributed by atoms with E-state index in [2.05, 4.69) is 11.4 Å². The van der Waals surface area contributed by atoms with Crippen LogP contribution in [0.5, 0.6) is 0 Å². The van der Waals surface area contributed by atoms with Crippen LogP contribution >= 0.6 is 0 Å². The number of hydrogen-bond donors (Lipinski definition) is 2. The Hall–Kier alpha value is -1.00. The molecule has 0 saturated heterocycles. The Kier molecular flexibility index (Phi) is 5.08. The molecule has 1 fully saturated rings. The van der Waals surface area contributed by atoms with Crippen molar-refractivity contribution in [2.75, 3.05) is 26.9 Å². The van der Waals surface area contributed by atoms with Crippen LogP contribution in [0.2, 0.25) is 0 Å². The fourth-order valence-corrected chi connectivity index (χ4v) is 2.04. The van der Waals surface area contributed by atoms with E-state index >= 15 is 0 Å². The highest BCUT2D eigenvalue weighted by atomic mass is 16.5. The molecule has 2 aliphatic carbocycles. The third kappa shape index (κ3) is 4.35. The van der Waals surface area contributed by atoms with Crippen LogP contribution in [-0.4, -0.2) is 32.9 Å². The first-order valence-corrected chi connectivity index (χ1v) is 6.81. The first-order chi connectivity index (χ1) is 8.79. The van der Waals surface area contributed by atoms with Crippen molar-refractivity contribution >= 4 is 0 Å². The number of nitrogens with one attached hydrogen (secondary N) is 1. The summed E-state index contributed by atoms with van der Waals surface area (Å²) >= 11 is 0. The van der Waals surface area contributed by atoms with Gasteiger partial charge in [-0.2, -0.15) is 0 Å². The van der Waals surface area contributed by atoms with Gasteiger partial charge in [0.05, 0.1) is 12.3 Å². The number of nitrogens with two attached hydrogens (primary N) is 1. The van der Waals surface area contributed by atoms with Gasteiger partial charge in [0.25, 0.3) is 0 Å². The number of rotatable bonds is 8. The molecule has 4 heteroatoms. The van der Waals surface area contributed by atoms with E-state index in [0.29, 0.717) is 12.5 Å². The van der Waals surface area contributed by atoms with Crippen molar-refractivity contribution in [1.29, 1.82) is 0 Å². The first kappa shape index (κ1) is 13.4. The molecule has 0 aromatic carbocycles. The quantitative estimate of drug-likeness (QED) is 0.643. The van der Waals surface area contributed by atoms with Gasteiger partial charge in [0.1, 0.15) is 5.76 Å².